The Labute approximate surface area is 151 Å². The summed E-state index contributed by atoms with van der Waals surface area (Å²) in [6.07, 6.45) is 1.04. The first kappa shape index (κ1) is 20.0. The number of benzene rings is 2. The Hall–Kier alpha value is -2.30. The van der Waals surface area contributed by atoms with E-state index in [1.165, 1.54) is 31.2 Å². The number of amides is 1. The molecule has 0 spiro atoms. The maximum atomic E-state index is 12.9. The summed E-state index contributed by atoms with van der Waals surface area (Å²) in [6.45, 7) is 1.33. The van der Waals surface area contributed by atoms with E-state index < -0.39 is 37.6 Å². The molecule has 0 aliphatic rings. The Bertz CT molecular complexity index is 1020. The SMILES string of the molecule is C[C@H](NS(=O)(=O)c1ccc(F)cc1)C(=O)Nc1cccc(S(C)(=O)=O)c1. The largest absolute Gasteiger partial charge is 0.325 e. The first-order valence-electron chi connectivity index (χ1n) is 7.38. The monoisotopic (exact) mass is 400 g/mol. The lowest BCUT2D eigenvalue weighted by Gasteiger charge is -2.15. The molecular formula is C16H17FN2O5S2. The van der Waals surface area contributed by atoms with Gasteiger partial charge in [0, 0.05) is 11.9 Å². The van der Waals surface area contributed by atoms with Gasteiger partial charge in [0.05, 0.1) is 15.8 Å². The molecule has 2 rings (SSSR count). The van der Waals surface area contributed by atoms with Gasteiger partial charge in [-0.05, 0) is 49.4 Å². The number of halogens is 1. The van der Waals surface area contributed by atoms with E-state index in [0.29, 0.717) is 0 Å². The Morgan fingerprint density at radius 3 is 2.19 bits per heavy atom. The summed E-state index contributed by atoms with van der Waals surface area (Å²) in [4.78, 5) is 12.0. The van der Waals surface area contributed by atoms with Gasteiger partial charge in [-0.2, -0.15) is 4.72 Å². The quantitative estimate of drug-likeness (QED) is 0.764. The highest BCUT2D eigenvalue weighted by Crippen LogP contribution is 2.16. The van der Waals surface area contributed by atoms with Crippen LogP contribution in [0.25, 0.3) is 0 Å². The van der Waals surface area contributed by atoms with Crippen LogP contribution >= 0.6 is 0 Å². The maximum absolute atomic E-state index is 12.9. The van der Waals surface area contributed by atoms with Crippen LogP contribution in [-0.2, 0) is 24.7 Å². The molecule has 1 atom stereocenters. The second-order valence-electron chi connectivity index (χ2n) is 5.59. The zero-order valence-corrected chi connectivity index (χ0v) is 15.6. The minimum absolute atomic E-state index is 0.0230. The van der Waals surface area contributed by atoms with Gasteiger partial charge in [-0.25, -0.2) is 21.2 Å². The van der Waals surface area contributed by atoms with Crippen molar-refractivity contribution in [1.82, 2.24) is 4.72 Å². The zero-order valence-electron chi connectivity index (χ0n) is 13.9. The van der Waals surface area contributed by atoms with Gasteiger partial charge in [0.2, 0.25) is 15.9 Å². The number of hydrogen-bond acceptors (Lipinski definition) is 5. The first-order valence-corrected chi connectivity index (χ1v) is 10.8. The van der Waals surface area contributed by atoms with Gasteiger partial charge in [-0.15, -0.1) is 0 Å². The smallest absolute Gasteiger partial charge is 0.242 e. The lowest BCUT2D eigenvalue weighted by molar-refractivity contribution is -0.117. The summed E-state index contributed by atoms with van der Waals surface area (Å²) in [5.41, 5.74) is 0.214. The van der Waals surface area contributed by atoms with E-state index in [4.69, 9.17) is 0 Å². The molecule has 0 aliphatic heterocycles. The van der Waals surface area contributed by atoms with Gasteiger partial charge in [0.1, 0.15) is 5.82 Å². The molecule has 7 nitrogen and oxygen atoms in total. The second kappa shape index (κ2) is 7.52. The summed E-state index contributed by atoms with van der Waals surface area (Å²) in [7, 11) is -7.46. The van der Waals surface area contributed by atoms with Crippen LogP contribution in [0.3, 0.4) is 0 Å². The van der Waals surface area contributed by atoms with Crippen LogP contribution in [0.15, 0.2) is 58.3 Å². The van der Waals surface area contributed by atoms with E-state index >= 15 is 0 Å². The Morgan fingerprint density at radius 2 is 1.62 bits per heavy atom. The van der Waals surface area contributed by atoms with E-state index in [0.717, 1.165) is 30.5 Å². The molecular weight excluding hydrogens is 383 g/mol. The normalized spacial score (nSPS) is 13.2. The van der Waals surface area contributed by atoms with Gasteiger partial charge in [-0.3, -0.25) is 4.79 Å². The first-order chi connectivity index (χ1) is 12.0. The Balaban J connectivity index is 2.11. The van der Waals surface area contributed by atoms with Crippen molar-refractivity contribution in [1.29, 1.82) is 0 Å². The van der Waals surface area contributed by atoms with E-state index in [-0.39, 0.29) is 15.5 Å². The topological polar surface area (TPSA) is 109 Å². The van der Waals surface area contributed by atoms with Gasteiger partial charge < -0.3 is 5.32 Å². The molecule has 0 aliphatic carbocycles. The molecule has 0 unspecified atom stereocenters. The fourth-order valence-electron chi connectivity index (χ4n) is 2.02. The third-order valence-electron chi connectivity index (χ3n) is 3.38. The van der Waals surface area contributed by atoms with Crippen LogP contribution in [0.5, 0.6) is 0 Å². The number of rotatable bonds is 6. The van der Waals surface area contributed by atoms with Gasteiger partial charge >= 0.3 is 0 Å². The van der Waals surface area contributed by atoms with Crippen LogP contribution in [0, 0.1) is 5.82 Å². The molecule has 2 N–H and O–H groups in total. The maximum Gasteiger partial charge on any atom is 0.242 e. The van der Waals surface area contributed by atoms with Crippen molar-refractivity contribution in [2.45, 2.75) is 22.8 Å². The summed E-state index contributed by atoms with van der Waals surface area (Å²) in [6, 6.07) is 8.60. The molecule has 0 radical (unpaired) electrons. The zero-order chi connectivity index (χ0) is 19.5. The minimum atomic E-state index is -4.02. The molecule has 0 saturated heterocycles. The summed E-state index contributed by atoms with van der Waals surface area (Å²) in [5.74, 6) is -1.26. The van der Waals surface area contributed by atoms with E-state index in [1.807, 2.05) is 0 Å². The molecule has 0 saturated carbocycles. The molecule has 0 bridgehead atoms. The average molecular weight is 400 g/mol. The Morgan fingerprint density at radius 1 is 1.00 bits per heavy atom. The van der Waals surface area contributed by atoms with Crippen molar-refractivity contribution < 1.29 is 26.0 Å². The third kappa shape index (κ3) is 5.10. The molecule has 2 aromatic rings. The van der Waals surface area contributed by atoms with Crippen molar-refractivity contribution in [2.75, 3.05) is 11.6 Å². The highest BCUT2D eigenvalue weighted by atomic mass is 32.2. The minimum Gasteiger partial charge on any atom is -0.325 e. The standard InChI is InChI=1S/C16H17FN2O5S2/c1-11(19-26(23,24)14-8-6-12(17)7-9-14)16(20)18-13-4-3-5-15(10-13)25(2,21)22/h3-11,19H,1-2H3,(H,18,20)/t11-/m0/s1. The summed E-state index contributed by atoms with van der Waals surface area (Å²) >= 11 is 0. The summed E-state index contributed by atoms with van der Waals surface area (Å²) < 4.78 is 62.6. The highest BCUT2D eigenvalue weighted by Gasteiger charge is 2.22. The van der Waals surface area contributed by atoms with Crippen molar-refractivity contribution in [3.8, 4) is 0 Å². The molecule has 140 valence electrons. The van der Waals surface area contributed by atoms with Crippen molar-refractivity contribution >= 4 is 31.5 Å². The summed E-state index contributed by atoms with van der Waals surface area (Å²) in [5, 5.41) is 2.45. The van der Waals surface area contributed by atoms with E-state index in [9.17, 15) is 26.0 Å². The third-order valence-corrected chi connectivity index (χ3v) is 6.05. The van der Waals surface area contributed by atoms with Crippen molar-refractivity contribution in [3.63, 3.8) is 0 Å². The van der Waals surface area contributed by atoms with E-state index in [1.54, 1.807) is 0 Å². The van der Waals surface area contributed by atoms with Gasteiger partial charge in [-0.1, -0.05) is 6.07 Å². The number of sulfone groups is 1. The lowest BCUT2D eigenvalue weighted by atomic mass is 10.3. The number of sulfonamides is 1. The molecule has 0 aromatic heterocycles. The molecule has 26 heavy (non-hydrogen) atoms. The van der Waals surface area contributed by atoms with Gasteiger partial charge in [0.15, 0.2) is 9.84 Å². The van der Waals surface area contributed by atoms with Crippen LogP contribution in [0.2, 0.25) is 0 Å². The lowest BCUT2D eigenvalue weighted by Crippen LogP contribution is -2.41. The highest BCUT2D eigenvalue weighted by molar-refractivity contribution is 7.90. The number of hydrogen-bond donors (Lipinski definition) is 2. The van der Waals surface area contributed by atoms with Crippen LogP contribution < -0.4 is 10.0 Å². The van der Waals surface area contributed by atoms with Crippen molar-refractivity contribution in [3.05, 3.63) is 54.3 Å². The fraction of sp³-hybridized carbons (Fsp3) is 0.188. The Kier molecular flexibility index (Phi) is 5.79. The molecule has 0 fully saturated rings. The predicted octanol–water partition coefficient (Wildman–Crippen LogP) is 1.53. The van der Waals surface area contributed by atoms with Crippen LogP contribution in [-0.4, -0.2) is 35.0 Å². The predicted molar refractivity (Wildman–Crippen MR) is 94.4 cm³/mol. The van der Waals surface area contributed by atoms with Crippen molar-refractivity contribution in [2.24, 2.45) is 0 Å². The number of anilines is 1. The van der Waals surface area contributed by atoms with Crippen LogP contribution in [0.1, 0.15) is 6.92 Å². The number of carbonyl (C=O) groups excluding carboxylic acids is 1. The molecule has 2 aromatic carbocycles. The average Bonchev–Trinajstić information content (AvgIpc) is 2.54. The number of nitrogens with one attached hydrogen (secondary N) is 2. The fourth-order valence-corrected chi connectivity index (χ4v) is 3.89. The van der Waals surface area contributed by atoms with E-state index in [2.05, 4.69) is 10.0 Å². The molecule has 0 heterocycles. The number of carbonyl (C=O) groups is 1. The van der Waals surface area contributed by atoms with Crippen LogP contribution in [0.4, 0.5) is 10.1 Å². The van der Waals surface area contributed by atoms with Gasteiger partial charge in [0.25, 0.3) is 0 Å². The molecule has 1 amide bonds. The molecule has 10 heteroatoms. The second-order valence-corrected chi connectivity index (χ2v) is 9.32.